The predicted molar refractivity (Wildman–Crippen MR) is 185 cm³/mol. The molecule has 1 heterocycles. The molecular weight excluding hydrogens is 595 g/mol. The number of fused-ring (bicyclic) bond motifs is 2. The number of para-hydroxylation sites is 2. The van der Waals surface area contributed by atoms with E-state index in [2.05, 4.69) is 26.2 Å². The summed E-state index contributed by atoms with van der Waals surface area (Å²) in [5.74, 6) is 0.792. The molecule has 226 valence electrons. The lowest BCUT2D eigenvalue weighted by Crippen LogP contribution is -2.27. The Morgan fingerprint density at radius 2 is 1.43 bits per heavy atom. The molecule has 0 spiro atoms. The molecular formula is C34H34Cl2N6O2. The van der Waals surface area contributed by atoms with Crippen molar-refractivity contribution in [2.45, 2.75) is 13.8 Å². The summed E-state index contributed by atoms with van der Waals surface area (Å²) in [7, 11) is 1.61. The Morgan fingerprint density at radius 1 is 0.773 bits per heavy atom. The molecule has 0 unspecified atom stereocenters. The molecule has 8 nitrogen and oxygen atoms in total. The Hall–Kier alpha value is -4.53. The lowest BCUT2D eigenvalue weighted by atomic mass is 10.0. The van der Waals surface area contributed by atoms with E-state index in [9.17, 15) is 9.59 Å². The van der Waals surface area contributed by atoms with Crippen molar-refractivity contribution in [3.8, 4) is 0 Å². The largest absolute Gasteiger partial charge is 0.369 e. The number of hydrogen-bond donors (Lipinski definition) is 4. The van der Waals surface area contributed by atoms with E-state index in [1.165, 1.54) is 0 Å². The predicted octanol–water partition coefficient (Wildman–Crippen LogP) is 8.04. The lowest BCUT2D eigenvalue weighted by molar-refractivity contribution is 0.0964. The molecule has 0 atom stereocenters. The van der Waals surface area contributed by atoms with Crippen LogP contribution in [0.2, 0.25) is 0 Å². The maximum atomic E-state index is 13.0. The molecule has 0 fully saturated rings. The SMILES string of the molecule is CNC(=O)c1cccc2c(Nc3ccc(C)c(NC(=O)Nc4ccc(N(CCCl)CCCl)cc4)c3)c3cccc(C)c3nc12. The quantitative estimate of drug-likeness (QED) is 0.0926. The summed E-state index contributed by atoms with van der Waals surface area (Å²) in [4.78, 5) is 32.7. The lowest BCUT2D eigenvalue weighted by Gasteiger charge is -2.23. The Bertz CT molecular complexity index is 1820. The number of urea groups is 1. The van der Waals surface area contributed by atoms with E-state index in [0.29, 0.717) is 47.3 Å². The van der Waals surface area contributed by atoms with Crippen molar-refractivity contribution < 1.29 is 9.59 Å². The fraction of sp³-hybridized carbons (Fsp3) is 0.206. The first-order valence-electron chi connectivity index (χ1n) is 14.3. The number of nitrogens with zero attached hydrogens (tertiary/aromatic N) is 2. The van der Waals surface area contributed by atoms with Crippen molar-refractivity contribution in [3.05, 3.63) is 95.6 Å². The van der Waals surface area contributed by atoms with Crippen LogP contribution in [0.1, 0.15) is 21.5 Å². The second kappa shape index (κ2) is 13.8. The first-order valence-corrected chi connectivity index (χ1v) is 15.4. The third kappa shape index (κ3) is 6.67. The molecule has 0 bridgehead atoms. The van der Waals surface area contributed by atoms with Gasteiger partial charge in [0.2, 0.25) is 0 Å². The molecule has 0 saturated carbocycles. The number of aryl methyl sites for hydroxylation is 2. The van der Waals surface area contributed by atoms with Crippen molar-refractivity contribution >= 4 is 85.4 Å². The van der Waals surface area contributed by atoms with E-state index in [-0.39, 0.29) is 11.9 Å². The van der Waals surface area contributed by atoms with Gasteiger partial charge in [-0.05, 0) is 67.4 Å². The number of benzene rings is 4. The van der Waals surface area contributed by atoms with Gasteiger partial charge in [-0.3, -0.25) is 4.79 Å². The average molecular weight is 630 g/mol. The Labute approximate surface area is 266 Å². The highest BCUT2D eigenvalue weighted by Gasteiger charge is 2.17. The van der Waals surface area contributed by atoms with Crippen LogP contribution in [0.25, 0.3) is 21.8 Å². The van der Waals surface area contributed by atoms with E-state index in [1.54, 1.807) is 13.1 Å². The van der Waals surface area contributed by atoms with Crippen LogP contribution in [0.5, 0.6) is 0 Å². The van der Waals surface area contributed by atoms with Crippen LogP contribution >= 0.6 is 23.2 Å². The number of hydrogen-bond acceptors (Lipinski definition) is 5. The van der Waals surface area contributed by atoms with E-state index >= 15 is 0 Å². The van der Waals surface area contributed by atoms with Gasteiger partial charge in [0.1, 0.15) is 0 Å². The molecule has 5 rings (SSSR count). The normalized spacial score (nSPS) is 10.9. The second-order valence-corrected chi connectivity index (χ2v) is 11.1. The summed E-state index contributed by atoms with van der Waals surface area (Å²) in [6.45, 7) is 5.31. The zero-order valence-corrected chi connectivity index (χ0v) is 26.3. The summed E-state index contributed by atoms with van der Waals surface area (Å²) >= 11 is 11.9. The summed E-state index contributed by atoms with van der Waals surface area (Å²) in [6, 6.07) is 24.6. The third-order valence-corrected chi connectivity index (χ3v) is 7.80. The number of carbonyl (C=O) groups is 2. The topological polar surface area (TPSA) is 98.4 Å². The van der Waals surface area contributed by atoms with Crippen LogP contribution in [0.15, 0.2) is 78.9 Å². The minimum atomic E-state index is -0.359. The van der Waals surface area contributed by atoms with E-state index in [1.807, 2.05) is 86.6 Å². The van der Waals surface area contributed by atoms with Crippen molar-refractivity contribution in [1.82, 2.24) is 10.3 Å². The van der Waals surface area contributed by atoms with Gasteiger partial charge in [0, 0.05) is 65.4 Å². The van der Waals surface area contributed by atoms with Crippen LogP contribution in [-0.2, 0) is 0 Å². The van der Waals surface area contributed by atoms with Crippen molar-refractivity contribution in [2.24, 2.45) is 0 Å². The number of halogens is 2. The van der Waals surface area contributed by atoms with Gasteiger partial charge >= 0.3 is 6.03 Å². The molecule has 4 aromatic carbocycles. The van der Waals surface area contributed by atoms with Crippen LogP contribution < -0.4 is 26.2 Å². The summed E-state index contributed by atoms with van der Waals surface area (Å²) in [5.41, 5.74) is 7.73. The summed E-state index contributed by atoms with van der Waals surface area (Å²) in [5, 5.41) is 13.9. The Kier molecular flexibility index (Phi) is 9.72. The number of amides is 3. The molecule has 10 heteroatoms. The van der Waals surface area contributed by atoms with Gasteiger partial charge in [-0.25, -0.2) is 9.78 Å². The van der Waals surface area contributed by atoms with Gasteiger partial charge in [0.05, 0.1) is 22.3 Å². The average Bonchev–Trinajstić information content (AvgIpc) is 3.02. The molecule has 0 aliphatic carbocycles. The zero-order valence-electron chi connectivity index (χ0n) is 24.8. The maximum absolute atomic E-state index is 13.0. The van der Waals surface area contributed by atoms with Crippen LogP contribution in [0.4, 0.5) is 33.2 Å². The molecule has 1 aromatic heterocycles. The van der Waals surface area contributed by atoms with E-state index < -0.39 is 0 Å². The van der Waals surface area contributed by atoms with Crippen LogP contribution in [-0.4, -0.2) is 48.8 Å². The highest BCUT2D eigenvalue weighted by atomic mass is 35.5. The number of alkyl halides is 2. The summed E-state index contributed by atoms with van der Waals surface area (Å²) < 4.78 is 0. The molecule has 0 aliphatic rings. The molecule has 0 radical (unpaired) electrons. The van der Waals surface area contributed by atoms with E-state index in [0.717, 1.165) is 44.5 Å². The maximum Gasteiger partial charge on any atom is 0.323 e. The number of rotatable bonds is 10. The number of pyridine rings is 1. The molecule has 5 aromatic rings. The minimum Gasteiger partial charge on any atom is -0.369 e. The first-order chi connectivity index (χ1) is 21.3. The van der Waals surface area contributed by atoms with Gasteiger partial charge < -0.3 is 26.2 Å². The van der Waals surface area contributed by atoms with Gasteiger partial charge in [-0.15, -0.1) is 23.2 Å². The van der Waals surface area contributed by atoms with Crippen molar-refractivity contribution in [1.29, 1.82) is 0 Å². The van der Waals surface area contributed by atoms with Crippen molar-refractivity contribution in [2.75, 3.05) is 52.7 Å². The fourth-order valence-corrected chi connectivity index (χ4v) is 5.59. The summed E-state index contributed by atoms with van der Waals surface area (Å²) in [6.07, 6.45) is 0. The fourth-order valence-electron chi connectivity index (χ4n) is 5.18. The Morgan fingerprint density at radius 3 is 2.11 bits per heavy atom. The highest BCUT2D eigenvalue weighted by Crippen LogP contribution is 2.36. The third-order valence-electron chi connectivity index (χ3n) is 7.46. The van der Waals surface area contributed by atoms with Crippen LogP contribution in [0.3, 0.4) is 0 Å². The molecule has 4 N–H and O–H groups in total. The minimum absolute atomic E-state index is 0.202. The molecule has 0 saturated heterocycles. The van der Waals surface area contributed by atoms with Crippen molar-refractivity contribution in [3.63, 3.8) is 0 Å². The Balaban J connectivity index is 1.41. The smallest absolute Gasteiger partial charge is 0.323 e. The van der Waals surface area contributed by atoms with E-state index in [4.69, 9.17) is 28.2 Å². The van der Waals surface area contributed by atoms with Gasteiger partial charge in [-0.1, -0.05) is 36.4 Å². The number of anilines is 5. The number of nitrogens with one attached hydrogen (secondary N) is 4. The molecule has 0 aliphatic heterocycles. The molecule has 3 amide bonds. The van der Waals surface area contributed by atoms with Crippen LogP contribution in [0, 0.1) is 13.8 Å². The number of aromatic nitrogens is 1. The number of carbonyl (C=O) groups excluding carboxylic acids is 2. The first kappa shape index (κ1) is 30.9. The standard InChI is InChI=1S/C34H34Cl2N6O2/c1-21-10-11-24(20-29(21)40-34(44)39-23-12-14-25(15-13-23)42(18-16-35)19-17-36)38-31-26-7-4-6-22(2)30(26)41-32-27(31)8-5-9-28(32)33(43)37-3/h4-15,20H,16-19H2,1-3H3,(H,37,43)(H,38,41)(H2,39,40,44). The monoisotopic (exact) mass is 628 g/mol. The van der Waals surface area contributed by atoms with Gasteiger partial charge in [0.25, 0.3) is 5.91 Å². The van der Waals surface area contributed by atoms with Gasteiger partial charge in [0.15, 0.2) is 0 Å². The zero-order chi connectivity index (χ0) is 31.2. The highest BCUT2D eigenvalue weighted by molar-refractivity contribution is 6.19. The van der Waals surface area contributed by atoms with Gasteiger partial charge in [-0.2, -0.15) is 0 Å². The second-order valence-electron chi connectivity index (χ2n) is 10.4. The molecule has 44 heavy (non-hydrogen) atoms.